The largest absolute Gasteiger partial charge is 0.420 e. The predicted octanol–water partition coefficient (Wildman–Crippen LogP) is 2.46. The quantitative estimate of drug-likeness (QED) is 0.337. The molecule has 0 bridgehead atoms. The van der Waals surface area contributed by atoms with Crippen LogP contribution in [0.3, 0.4) is 0 Å². The molecule has 0 aliphatic carbocycles. The third-order valence-electron chi connectivity index (χ3n) is 3.20. The topological polar surface area (TPSA) is 82.3 Å². The number of Topliss-reactive ketones (excluding diaryl/α,β-unsaturated/α-hetero) is 1. The van der Waals surface area contributed by atoms with Crippen LogP contribution < -0.4 is 10.5 Å². The van der Waals surface area contributed by atoms with Gasteiger partial charge in [0.1, 0.15) is 5.75 Å². The summed E-state index contributed by atoms with van der Waals surface area (Å²) in [4.78, 5) is 27.1. The van der Waals surface area contributed by atoms with Crippen molar-refractivity contribution in [2.45, 2.75) is 6.92 Å². The zero-order valence-electron chi connectivity index (χ0n) is 11.3. The number of benzene rings is 2. The van der Waals surface area contributed by atoms with Crippen molar-refractivity contribution in [3.8, 4) is 5.75 Å². The zero-order valence-corrected chi connectivity index (χ0v) is 11.3. The molecule has 0 amide bonds. The van der Waals surface area contributed by atoms with Gasteiger partial charge in [0, 0.05) is 12.3 Å². The first-order chi connectivity index (χ1) is 10.1. The fraction of sp³-hybridized carbons (Fsp3) is 0.0625. The minimum atomic E-state index is -0.921. The van der Waals surface area contributed by atoms with Crippen molar-refractivity contribution in [2.75, 3.05) is 5.73 Å². The molecule has 0 saturated carbocycles. The summed E-state index contributed by atoms with van der Waals surface area (Å²) < 4.78 is 5.11. The summed E-state index contributed by atoms with van der Waals surface area (Å²) in [6, 6.07) is 12.5. The number of carbonyl (C=O) groups excluding carboxylic acids is 2. The maximum Gasteiger partial charge on any atom is 0.379 e. The highest BCUT2D eigenvalue weighted by Gasteiger charge is 2.16. The molecule has 3 aromatic rings. The van der Waals surface area contributed by atoms with Crippen LogP contribution in [0.25, 0.3) is 21.8 Å². The van der Waals surface area contributed by atoms with Crippen LogP contribution in [-0.2, 0) is 9.59 Å². The standard InChI is InChI=1S/C16H12N2O3/c1-9(19)16(20)21-13-8-4-7-12-14(13)15(17)10-5-2-3-6-11(10)18-12/h2-8H,1H3,(H2,17,18). The Morgan fingerprint density at radius 2 is 1.76 bits per heavy atom. The molecule has 0 saturated heterocycles. The number of anilines is 1. The molecule has 5 heteroatoms. The maximum atomic E-state index is 11.5. The average Bonchev–Trinajstić information content (AvgIpc) is 2.47. The van der Waals surface area contributed by atoms with Crippen LogP contribution in [0.2, 0.25) is 0 Å². The van der Waals surface area contributed by atoms with Gasteiger partial charge in [0.05, 0.1) is 22.1 Å². The van der Waals surface area contributed by atoms with E-state index in [0.29, 0.717) is 16.6 Å². The Morgan fingerprint density at radius 1 is 1.05 bits per heavy atom. The lowest BCUT2D eigenvalue weighted by molar-refractivity contribution is -0.145. The van der Waals surface area contributed by atoms with E-state index in [2.05, 4.69) is 4.98 Å². The molecule has 0 unspecified atom stereocenters. The summed E-state index contributed by atoms with van der Waals surface area (Å²) in [5.74, 6) is -1.35. The van der Waals surface area contributed by atoms with Crippen LogP contribution in [0.1, 0.15) is 6.92 Å². The number of esters is 1. The molecule has 21 heavy (non-hydrogen) atoms. The predicted molar refractivity (Wildman–Crippen MR) is 80.0 cm³/mol. The summed E-state index contributed by atoms with van der Waals surface area (Å²) >= 11 is 0. The Kier molecular flexibility index (Phi) is 3.02. The Hall–Kier alpha value is -2.95. The first-order valence-electron chi connectivity index (χ1n) is 6.37. The lowest BCUT2D eigenvalue weighted by Gasteiger charge is -2.10. The average molecular weight is 280 g/mol. The number of rotatable bonds is 2. The monoisotopic (exact) mass is 280 g/mol. The van der Waals surface area contributed by atoms with E-state index in [1.54, 1.807) is 18.2 Å². The molecule has 0 radical (unpaired) electrons. The van der Waals surface area contributed by atoms with Crippen molar-refractivity contribution < 1.29 is 14.3 Å². The second-order valence-corrected chi connectivity index (χ2v) is 4.64. The highest BCUT2D eigenvalue weighted by atomic mass is 16.5. The molecule has 2 aromatic carbocycles. The van der Waals surface area contributed by atoms with Gasteiger partial charge in [0.25, 0.3) is 0 Å². The van der Waals surface area contributed by atoms with Crippen molar-refractivity contribution in [1.82, 2.24) is 4.98 Å². The molecule has 0 aliphatic heterocycles. The van der Waals surface area contributed by atoms with Gasteiger partial charge in [-0.3, -0.25) is 4.79 Å². The Morgan fingerprint density at radius 3 is 2.52 bits per heavy atom. The van der Waals surface area contributed by atoms with Crippen LogP contribution in [0.4, 0.5) is 5.69 Å². The van der Waals surface area contributed by atoms with Gasteiger partial charge in [0.2, 0.25) is 5.78 Å². The number of hydrogen-bond acceptors (Lipinski definition) is 5. The van der Waals surface area contributed by atoms with E-state index in [-0.39, 0.29) is 5.75 Å². The van der Waals surface area contributed by atoms with Crippen molar-refractivity contribution >= 4 is 39.2 Å². The molecular formula is C16H12N2O3. The van der Waals surface area contributed by atoms with E-state index < -0.39 is 11.8 Å². The zero-order chi connectivity index (χ0) is 15.0. The molecule has 3 rings (SSSR count). The Labute approximate surface area is 120 Å². The molecule has 1 heterocycles. The summed E-state index contributed by atoms with van der Waals surface area (Å²) in [6.45, 7) is 1.16. The molecule has 0 atom stereocenters. The van der Waals surface area contributed by atoms with Crippen molar-refractivity contribution in [1.29, 1.82) is 0 Å². The van der Waals surface area contributed by atoms with Crippen molar-refractivity contribution in [2.24, 2.45) is 0 Å². The number of nitrogens with two attached hydrogens (primary N) is 1. The van der Waals surface area contributed by atoms with Gasteiger partial charge in [-0.15, -0.1) is 0 Å². The Bertz CT molecular complexity index is 887. The number of carbonyl (C=O) groups is 2. The van der Waals surface area contributed by atoms with E-state index in [0.717, 1.165) is 17.8 Å². The number of pyridine rings is 1. The lowest BCUT2D eigenvalue weighted by atomic mass is 10.1. The molecule has 0 spiro atoms. The number of ether oxygens (including phenoxy) is 1. The summed E-state index contributed by atoms with van der Waals surface area (Å²) in [5, 5.41) is 1.31. The highest BCUT2D eigenvalue weighted by Crippen LogP contribution is 2.34. The van der Waals surface area contributed by atoms with Crippen LogP contribution in [0.5, 0.6) is 5.75 Å². The van der Waals surface area contributed by atoms with Crippen molar-refractivity contribution in [3.63, 3.8) is 0 Å². The third kappa shape index (κ3) is 2.18. The van der Waals surface area contributed by atoms with E-state index in [1.807, 2.05) is 24.3 Å². The van der Waals surface area contributed by atoms with E-state index in [4.69, 9.17) is 10.5 Å². The van der Waals surface area contributed by atoms with Gasteiger partial charge in [-0.1, -0.05) is 24.3 Å². The maximum absolute atomic E-state index is 11.5. The van der Waals surface area contributed by atoms with Gasteiger partial charge >= 0.3 is 5.97 Å². The first kappa shape index (κ1) is 13.1. The number of ketones is 1. The second kappa shape index (κ2) is 4.86. The summed E-state index contributed by atoms with van der Waals surface area (Å²) in [6.07, 6.45) is 0. The minimum Gasteiger partial charge on any atom is -0.420 e. The number of aromatic nitrogens is 1. The van der Waals surface area contributed by atoms with Gasteiger partial charge in [-0.2, -0.15) is 0 Å². The number of hydrogen-bond donors (Lipinski definition) is 1. The number of nitrogen functional groups attached to an aromatic ring is 1. The number of para-hydroxylation sites is 1. The normalized spacial score (nSPS) is 10.7. The first-order valence-corrected chi connectivity index (χ1v) is 6.37. The fourth-order valence-electron chi connectivity index (χ4n) is 2.20. The fourth-order valence-corrected chi connectivity index (χ4v) is 2.20. The highest BCUT2D eigenvalue weighted by molar-refractivity contribution is 6.33. The molecule has 0 aliphatic rings. The van der Waals surface area contributed by atoms with E-state index in [1.165, 1.54) is 0 Å². The Balaban J connectivity index is 2.29. The third-order valence-corrected chi connectivity index (χ3v) is 3.20. The van der Waals surface area contributed by atoms with Crippen LogP contribution >= 0.6 is 0 Å². The number of fused-ring (bicyclic) bond motifs is 2. The SMILES string of the molecule is CC(=O)C(=O)Oc1cccc2nc3ccccc3c(N)c12. The summed E-state index contributed by atoms with van der Waals surface area (Å²) in [5.41, 5.74) is 8.04. The van der Waals surface area contributed by atoms with Gasteiger partial charge in [0.15, 0.2) is 0 Å². The van der Waals surface area contributed by atoms with Gasteiger partial charge in [-0.05, 0) is 18.2 Å². The second-order valence-electron chi connectivity index (χ2n) is 4.64. The molecular weight excluding hydrogens is 268 g/mol. The molecule has 2 N–H and O–H groups in total. The molecule has 5 nitrogen and oxygen atoms in total. The van der Waals surface area contributed by atoms with Crippen LogP contribution in [0.15, 0.2) is 42.5 Å². The molecule has 1 aromatic heterocycles. The molecule has 0 fully saturated rings. The summed E-state index contributed by atoms with van der Waals surface area (Å²) in [7, 11) is 0. The lowest BCUT2D eigenvalue weighted by Crippen LogP contribution is -2.17. The van der Waals surface area contributed by atoms with E-state index >= 15 is 0 Å². The van der Waals surface area contributed by atoms with Crippen molar-refractivity contribution in [3.05, 3.63) is 42.5 Å². The van der Waals surface area contributed by atoms with Gasteiger partial charge < -0.3 is 10.5 Å². The van der Waals surface area contributed by atoms with Gasteiger partial charge in [-0.25, -0.2) is 9.78 Å². The van der Waals surface area contributed by atoms with Crippen LogP contribution in [0, 0.1) is 0 Å². The number of nitrogens with zero attached hydrogens (tertiary/aromatic N) is 1. The minimum absolute atomic E-state index is 0.239. The van der Waals surface area contributed by atoms with E-state index in [9.17, 15) is 9.59 Å². The molecule has 104 valence electrons. The smallest absolute Gasteiger partial charge is 0.379 e. The van der Waals surface area contributed by atoms with Crippen LogP contribution in [-0.4, -0.2) is 16.7 Å².